The first-order chi connectivity index (χ1) is 9.18. The van der Waals surface area contributed by atoms with Crippen molar-refractivity contribution in [1.82, 2.24) is 0 Å². The van der Waals surface area contributed by atoms with E-state index in [1.54, 1.807) is 17.0 Å². The molecule has 0 N–H and O–H groups in total. The summed E-state index contributed by atoms with van der Waals surface area (Å²) in [4.78, 5) is 14.1. The Balaban J connectivity index is 2.00. The first kappa shape index (κ1) is 12.4. The van der Waals surface area contributed by atoms with Crippen LogP contribution in [0.25, 0.3) is 0 Å². The van der Waals surface area contributed by atoms with Crippen LogP contribution in [0.15, 0.2) is 46.9 Å². The highest BCUT2D eigenvalue weighted by Gasteiger charge is 2.27. The van der Waals surface area contributed by atoms with Crippen LogP contribution in [0.5, 0.6) is 0 Å². The average Bonchev–Trinajstić information content (AvgIpc) is 2.85. The Hall–Kier alpha value is -1.68. The minimum atomic E-state index is -0.503. The molecular weight excluding hydrogens is 309 g/mol. The molecule has 0 radical (unpaired) electrons. The summed E-state index contributed by atoms with van der Waals surface area (Å²) in [7, 11) is 0. The summed E-state index contributed by atoms with van der Waals surface area (Å²) in [5.41, 5.74) is 2.12. The molecule has 0 saturated heterocycles. The number of carbonyl (C=O) groups excluding carboxylic acids is 1. The van der Waals surface area contributed by atoms with E-state index in [1.165, 1.54) is 6.07 Å². The van der Waals surface area contributed by atoms with Crippen LogP contribution >= 0.6 is 15.9 Å². The lowest BCUT2D eigenvalue weighted by Gasteiger charge is -2.17. The smallest absolute Gasteiger partial charge is 0.261 e. The topological polar surface area (TPSA) is 20.3 Å². The second-order valence-electron chi connectivity index (χ2n) is 4.44. The van der Waals surface area contributed by atoms with E-state index >= 15 is 0 Å². The van der Waals surface area contributed by atoms with Gasteiger partial charge >= 0.3 is 0 Å². The SMILES string of the molecule is O=C(c1cccc(Br)c1F)N1CCc2ccccc21. The predicted molar refractivity (Wildman–Crippen MR) is 75.9 cm³/mol. The van der Waals surface area contributed by atoms with E-state index in [-0.39, 0.29) is 11.5 Å². The highest BCUT2D eigenvalue weighted by Crippen LogP contribution is 2.30. The second-order valence-corrected chi connectivity index (χ2v) is 5.29. The molecule has 2 aromatic rings. The second kappa shape index (κ2) is 4.78. The van der Waals surface area contributed by atoms with Gasteiger partial charge in [-0.3, -0.25) is 4.79 Å². The molecule has 19 heavy (non-hydrogen) atoms. The lowest BCUT2D eigenvalue weighted by atomic mass is 10.1. The Morgan fingerprint density at radius 3 is 2.79 bits per heavy atom. The van der Waals surface area contributed by atoms with Crippen molar-refractivity contribution < 1.29 is 9.18 Å². The van der Waals surface area contributed by atoms with Crippen molar-refractivity contribution in [1.29, 1.82) is 0 Å². The molecule has 2 nitrogen and oxygen atoms in total. The Morgan fingerprint density at radius 1 is 1.16 bits per heavy atom. The summed E-state index contributed by atoms with van der Waals surface area (Å²) in [6.07, 6.45) is 0.817. The Labute approximate surface area is 119 Å². The molecule has 2 aromatic carbocycles. The van der Waals surface area contributed by atoms with E-state index in [0.29, 0.717) is 11.0 Å². The minimum Gasteiger partial charge on any atom is -0.308 e. The van der Waals surface area contributed by atoms with Gasteiger partial charge in [-0.1, -0.05) is 24.3 Å². The molecule has 1 aliphatic heterocycles. The number of amides is 1. The summed E-state index contributed by atoms with van der Waals surface area (Å²) in [5.74, 6) is -0.791. The normalized spacial score (nSPS) is 13.5. The molecule has 0 saturated carbocycles. The number of para-hydroxylation sites is 1. The molecule has 0 fully saturated rings. The van der Waals surface area contributed by atoms with E-state index < -0.39 is 5.82 Å². The molecule has 0 aromatic heterocycles. The molecule has 4 heteroatoms. The minimum absolute atomic E-state index is 0.103. The number of nitrogens with zero attached hydrogens (tertiary/aromatic N) is 1. The fourth-order valence-corrected chi connectivity index (χ4v) is 2.73. The number of fused-ring (bicyclic) bond motifs is 1. The molecule has 1 amide bonds. The van der Waals surface area contributed by atoms with Gasteiger partial charge in [0.25, 0.3) is 5.91 Å². The van der Waals surface area contributed by atoms with Crippen molar-refractivity contribution in [2.75, 3.05) is 11.4 Å². The van der Waals surface area contributed by atoms with Gasteiger partial charge in [-0.25, -0.2) is 4.39 Å². The van der Waals surface area contributed by atoms with Crippen LogP contribution in [0.3, 0.4) is 0 Å². The van der Waals surface area contributed by atoms with Crippen LogP contribution in [-0.2, 0) is 6.42 Å². The molecule has 96 valence electrons. The summed E-state index contributed by atoms with van der Waals surface area (Å²) in [5, 5.41) is 0. The predicted octanol–water partition coefficient (Wildman–Crippen LogP) is 3.79. The third-order valence-corrected chi connectivity index (χ3v) is 3.93. The lowest BCUT2D eigenvalue weighted by Crippen LogP contribution is -2.29. The van der Waals surface area contributed by atoms with Gasteiger partial charge in [-0.2, -0.15) is 0 Å². The molecule has 0 spiro atoms. The Bertz CT molecular complexity index is 656. The monoisotopic (exact) mass is 319 g/mol. The zero-order chi connectivity index (χ0) is 13.4. The maximum atomic E-state index is 14.0. The van der Waals surface area contributed by atoms with Crippen LogP contribution in [-0.4, -0.2) is 12.5 Å². The van der Waals surface area contributed by atoms with E-state index in [2.05, 4.69) is 15.9 Å². The van der Waals surface area contributed by atoms with E-state index in [1.807, 2.05) is 24.3 Å². The van der Waals surface area contributed by atoms with E-state index in [4.69, 9.17) is 0 Å². The van der Waals surface area contributed by atoms with Crippen LogP contribution in [0.1, 0.15) is 15.9 Å². The zero-order valence-electron chi connectivity index (χ0n) is 10.1. The summed E-state index contributed by atoms with van der Waals surface area (Å²) < 4.78 is 14.3. The lowest BCUT2D eigenvalue weighted by molar-refractivity contribution is 0.0985. The highest BCUT2D eigenvalue weighted by molar-refractivity contribution is 9.10. The fourth-order valence-electron chi connectivity index (χ4n) is 2.36. The van der Waals surface area contributed by atoms with Crippen molar-refractivity contribution in [3.63, 3.8) is 0 Å². The zero-order valence-corrected chi connectivity index (χ0v) is 11.7. The van der Waals surface area contributed by atoms with Crippen molar-refractivity contribution in [3.05, 3.63) is 63.9 Å². The summed E-state index contributed by atoms with van der Waals surface area (Å²) >= 11 is 3.11. The number of hydrogen-bond donors (Lipinski definition) is 0. The number of anilines is 1. The summed E-state index contributed by atoms with van der Waals surface area (Å²) in [6.45, 7) is 0.601. The fraction of sp³-hybridized carbons (Fsp3) is 0.133. The van der Waals surface area contributed by atoms with Crippen LogP contribution in [0, 0.1) is 5.82 Å². The number of benzene rings is 2. The van der Waals surface area contributed by atoms with Crippen LogP contribution < -0.4 is 4.90 Å². The largest absolute Gasteiger partial charge is 0.308 e. The molecule has 0 bridgehead atoms. The van der Waals surface area contributed by atoms with Crippen LogP contribution in [0.2, 0.25) is 0 Å². The maximum absolute atomic E-state index is 14.0. The molecule has 1 heterocycles. The van der Waals surface area contributed by atoms with E-state index in [9.17, 15) is 9.18 Å². The number of carbonyl (C=O) groups is 1. The third-order valence-electron chi connectivity index (χ3n) is 3.31. The molecule has 0 unspecified atom stereocenters. The number of halogens is 2. The van der Waals surface area contributed by atoms with Crippen molar-refractivity contribution >= 4 is 27.5 Å². The molecule has 1 aliphatic rings. The van der Waals surface area contributed by atoms with Gasteiger partial charge < -0.3 is 4.90 Å². The molecule has 0 aliphatic carbocycles. The van der Waals surface area contributed by atoms with Crippen molar-refractivity contribution in [3.8, 4) is 0 Å². The van der Waals surface area contributed by atoms with Gasteiger partial charge in [0.1, 0.15) is 5.82 Å². The Morgan fingerprint density at radius 2 is 1.95 bits per heavy atom. The maximum Gasteiger partial charge on any atom is 0.261 e. The molecular formula is C15H11BrFNO. The van der Waals surface area contributed by atoms with Gasteiger partial charge in [0.2, 0.25) is 0 Å². The summed E-state index contributed by atoms with van der Waals surface area (Å²) in [6, 6.07) is 12.5. The highest BCUT2D eigenvalue weighted by atomic mass is 79.9. The molecule has 0 atom stereocenters. The standard InChI is InChI=1S/C15H11BrFNO/c16-12-6-3-5-11(14(12)17)15(19)18-9-8-10-4-1-2-7-13(10)18/h1-7H,8-9H2. The molecule has 3 rings (SSSR count). The number of hydrogen-bond acceptors (Lipinski definition) is 1. The van der Waals surface area contributed by atoms with Crippen molar-refractivity contribution in [2.24, 2.45) is 0 Å². The van der Waals surface area contributed by atoms with Crippen molar-refractivity contribution in [2.45, 2.75) is 6.42 Å². The Kier molecular flexibility index (Phi) is 3.11. The van der Waals surface area contributed by atoms with E-state index in [0.717, 1.165) is 17.7 Å². The third kappa shape index (κ3) is 2.06. The first-order valence-corrected chi connectivity index (χ1v) is 6.81. The van der Waals surface area contributed by atoms with Gasteiger partial charge in [0, 0.05) is 12.2 Å². The number of rotatable bonds is 1. The first-order valence-electron chi connectivity index (χ1n) is 6.02. The van der Waals surface area contributed by atoms with Gasteiger partial charge in [-0.15, -0.1) is 0 Å². The van der Waals surface area contributed by atoms with Gasteiger partial charge in [-0.05, 0) is 46.1 Å². The van der Waals surface area contributed by atoms with Gasteiger partial charge in [0.15, 0.2) is 0 Å². The quantitative estimate of drug-likeness (QED) is 0.783. The van der Waals surface area contributed by atoms with Crippen LogP contribution in [0.4, 0.5) is 10.1 Å². The average molecular weight is 320 g/mol. The van der Waals surface area contributed by atoms with Gasteiger partial charge in [0.05, 0.1) is 10.0 Å².